The Labute approximate surface area is 137 Å². The van der Waals surface area contributed by atoms with Gasteiger partial charge in [0.25, 0.3) is 5.56 Å². The van der Waals surface area contributed by atoms with Gasteiger partial charge in [-0.1, -0.05) is 37.1 Å². The maximum Gasteiger partial charge on any atom is 0.278 e. The zero-order valence-corrected chi connectivity index (χ0v) is 14.1. The number of benzene rings is 1. The Hall–Kier alpha value is -2.54. The maximum atomic E-state index is 12.9. The van der Waals surface area contributed by atoms with E-state index in [1.807, 2.05) is 45.0 Å². The normalized spacial score (nSPS) is 10.1. The fourth-order valence-electron chi connectivity index (χ4n) is 2.48. The largest absolute Gasteiger partial charge is 0.478 e. The van der Waals surface area contributed by atoms with Crippen molar-refractivity contribution in [3.63, 3.8) is 0 Å². The Morgan fingerprint density at radius 2 is 2.00 bits per heavy atom. The van der Waals surface area contributed by atoms with Gasteiger partial charge in [0.2, 0.25) is 0 Å². The molecule has 0 aliphatic carbocycles. The minimum absolute atomic E-state index is 0.126. The van der Waals surface area contributed by atoms with E-state index in [9.17, 15) is 4.79 Å². The summed E-state index contributed by atoms with van der Waals surface area (Å²) < 4.78 is 7.34. The maximum absolute atomic E-state index is 12.9. The van der Waals surface area contributed by atoms with Crippen molar-refractivity contribution < 1.29 is 4.74 Å². The van der Waals surface area contributed by atoms with E-state index in [1.165, 1.54) is 4.68 Å². The first-order valence-corrected chi connectivity index (χ1v) is 7.86. The van der Waals surface area contributed by atoms with Gasteiger partial charge >= 0.3 is 0 Å². The SMILES string of the molecule is CC#CCOc1c(CC)nn(CC)c(=O)c1-c1ccccc1C. The average Bonchev–Trinajstić information content (AvgIpc) is 2.56. The van der Waals surface area contributed by atoms with E-state index in [0.717, 1.165) is 16.8 Å². The molecule has 1 heterocycles. The average molecular weight is 310 g/mol. The summed E-state index contributed by atoms with van der Waals surface area (Å²) in [4.78, 5) is 12.9. The summed E-state index contributed by atoms with van der Waals surface area (Å²) >= 11 is 0. The molecule has 0 fully saturated rings. The molecule has 4 heteroatoms. The van der Waals surface area contributed by atoms with E-state index in [0.29, 0.717) is 24.3 Å². The lowest BCUT2D eigenvalue weighted by molar-refractivity contribution is 0.360. The van der Waals surface area contributed by atoms with Crippen molar-refractivity contribution in [2.24, 2.45) is 0 Å². The van der Waals surface area contributed by atoms with Crippen LogP contribution in [-0.4, -0.2) is 16.4 Å². The molecule has 0 bridgehead atoms. The first-order chi connectivity index (χ1) is 11.1. The monoisotopic (exact) mass is 310 g/mol. The van der Waals surface area contributed by atoms with Crippen LogP contribution in [0.25, 0.3) is 11.1 Å². The molecule has 2 rings (SSSR count). The van der Waals surface area contributed by atoms with Crippen molar-refractivity contribution in [3.05, 3.63) is 45.9 Å². The number of ether oxygens (including phenoxy) is 1. The minimum Gasteiger partial charge on any atom is -0.478 e. The van der Waals surface area contributed by atoms with Crippen molar-refractivity contribution in [3.8, 4) is 28.7 Å². The van der Waals surface area contributed by atoms with Gasteiger partial charge in [-0.05, 0) is 38.3 Å². The Morgan fingerprint density at radius 3 is 2.61 bits per heavy atom. The molecule has 2 aromatic rings. The van der Waals surface area contributed by atoms with Crippen molar-refractivity contribution in [1.29, 1.82) is 0 Å². The molecule has 0 atom stereocenters. The molecule has 1 aromatic heterocycles. The quantitative estimate of drug-likeness (QED) is 0.797. The van der Waals surface area contributed by atoms with Crippen LogP contribution in [0, 0.1) is 18.8 Å². The lowest BCUT2D eigenvalue weighted by atomic mass is 10.00. The molecule has 4 nitrogen and oxygen atoms in total. The van der Waals surface area contributed by atoms with Gasteiger partial charge in [0.15, 0.2) is 5.75 Å². The summed E-state index contributed by atoms with van der Waals surface area (Å²) in [6, 6.07) is 7.83. The van der Waals surface area contributed by atoms with Crippen LogP contribution in [0.1, 0.15) is 32.0 Å². The number of hydrogen-bond donors (Lipinski definition) is 0. The lowest BCUT2D eigenvalue weighted by Crippen LogP contribution is -2.26. The summed E-state index contributed by atoms with van der Waals surface area (Å²) in [6.45, 7) is 8.46. The van der Waals surface area contributed by atoms with E-state index in [1.54, 1.807) is 6.92 Å². The van der Waals surface area contributed by atoms with Crippen LogP contribution in [0.2, 0.25) is 0 Å². The lowest BCUT2D eigenvalue weighted by Gasteiger charge is -2.16. The smallest absolute Gasteiger partial charge is 0.278 e. The second-order valence-electron chi connectivity index (χ2n) is 5.16. The van der Waals surface area contributed by atoms with Crippen LogP contribution in [0.4, 0.5) is 0 Å². The van der Waals surface area contributed by atoms with Gasteiger partial charge < -0.3 is 4.74 Å². The molecule has 0 N–H and O–H groups in total. The molecular weight excluding hydrogens is 288 g/mol. The van der Waals surface area contributed by atoms with Gasteiger partial charge in [0.05, 0.1) is 5.56 Å². The fraction of sp³-hybridized carbons (Fsp3) is 0.368. The second kappa shape index (κ2) is 7.64. The van der Waals surface area contributed by atoms with Crippen LogP contribution < -0.4 is 10.3 Å². The third-order valence-electron chi connectivity index (χ3n) is 3.69. The standard InChI is InChI=1S/C19H22N2O2/c1-5-8-13-23-18-16(6-2)20-21(7-3)19(22)17(18)15-12-10-9-11-14(15)4/h9-12H,6-7,13H2,1-4H3. The highest BCUT2D eigenvalue weighted by Crippen LogP contribution is 2.31. The van der Waals surface area contributed by atoms with E-state index in [-0.39, 0.29) is 12.2 Å². The molecule has 0 unspecified atom stereocenters. The van der Waals surface area contributed by atoms with Gasteiger partial charge in [-0.15, -0.1) is 5.92 Å². The van der Waals surface area contributed by atoms with Gasteiger partial charge in [-0.25, -0.2) is 4.68 Å². The molecule has 0 radical (unpaired) electrons. The molecule has 1 aromatic carbocycles. The number of hydrogen-bond acceptors (Lipinski definition) is 3. The summed E-state index contributed by atoms with van der Waals surface area (Å²) in [5.74, 6) is 6.24. The van der Waals surface area contributed by atoms with Crippen LogP contribution in [-0.2, 0) is 13.0 Å². The topological polar surface area (TPSA) is 44.1 Å². The zero-order valence-electron chi connectivity index (χ0n) is 14.1. The summed E-state index contributed by atoms with van der Waals surface area (Å²) in [5, 5.41) is 4.43. The van der Waals surface area contributed by atoms with Gasteiger partial charge in [0, 0.05) is 6.54 Å². The Balaban J connectivity index is 2.76. The molecule has 0 spiro atoms. The molecule has 0 aliphatic rings. The molecular formula is C19H22N2O2. The fourth-order valence-corrected chi connectivity index (χ4v) is 2.48. The zero-order chi connectivity index (χ0) is 16.8. The second-order valence-corrected chi connectivity index (χ2v) is 5.16. The summed E-state index contributed by atoms with van der Waals surface area (Å²) in [7, 11) is 0. The van der Waals surface area contributed by atoms with Gasteiger partial charge in [0.1, 0.15) is 12.3 Å². The summed E-state index contributed by atoms with van der Waals surface area (Å²) in [5.41, 5.74) is 3.15. The van der Waals surface area contributed by atoms with E-state index < -0.39 is 0 Å². The molecule has 120 valence electrons. The van der Waals surface area contributed by atoms with Crippen LogP contribution in [0.3, 0.4) is 0 Å². The number of aryl methyl sites for hydroxylation is 3. The first kappa shape index (κ1) is 16.8. The third-order valence-corrected chi connectivity index (χ3v) is 3.69. The van der Waals surface area contributed by atoms with Crippen molar-refractivity contribution in [2.45, 2.75) is 40.7 Å². The predicted octanol–water partition coefficient (Wildman–Crippen LogP) is 3.20. The van der Waals surface area contributed by atoms with Gasteiger partial charge in [-0.2, -0.15) is 5.10 Å². The summed E-state index contributed by atoms with van der Waals surface area (Å²) in [6.07, 6.45) is 0.689. The highest BCUT2D eigenvalue weighted by molar-refractivity contribution is 5.73. The minimum atomic E-state index is -0.126. The highest BCUT2D eigenvalue weighted by Gasteiger charge is 2.20. The van der Waals surface area contributed by atoms with E-state index in [4.69, 9.17) is 4.74 Å². The molecule has 23 heavy (non-hydrogen) atoms. The Kier molecular flexibility index (Phi) is 5.59. The third kappa shape index (κ3) is 3.45. The highest BCUT2D eigenvalue weighted by atomic mass is 16.5. The van der Waals surface area contributed by atoms with E-state index >= 15 is 0 Å². The van der Waals surface area contributed by atoms with Crippen molar-refractivity contribution >= 4 is 0 Å². The number of aromatic nitrogens is 2. The van der Waals surface area contributed by atoms with Crippen LogP contribution in [0.15, 0.2) is 29.1 Å². The molecule has 0 amide bonds. The molecule has 0 saturated carbocycles. The Bertz CT molecular complexity index is 810. The first-order valence-electron chi connectivity index (χ1n) is 7.86. The van der Waals surface area contributed by atoms with Crippen LogP contribution >= 0.6 is 0 Å². The van der Waals surface area contributed by atoms with Crippen molar-refractivity contribution in [2.75, 3.05) is 6.61 Å². The van der Waals surface area contributed by atoms with Gasteiger partial charge in [-0.3, -0.25) is 4.79 Å². The Morgan fingerprint density at radius 1 is 1.26 bits per heavy atom. The van der Waals surface area contributed by atoms with Crippen LogP contribution in [0.5, 0.6) is 5.75 Å². The predicted molar refractivity (Wildman–Crippen MR) is 92.7 cm³/mol. The molecule has 0 saturated heterocycles. The van der Waals surface area contributed by atoms with E-state index in [2.05, 4.69) is 16.9 Å². The molecule has 0 aliphatic heterocycles. The number of nitrogens with zero attached hydrogens (tertiary/aromatic N) is 2. The number of rotatable bonds is 5. The van der Waals surface area contributed by atoms with Crippen molar-refractivity contribution in [1.82, 2.24) is 9.78 Å².